The molecular weight excluding hydrogens is 435 g/mol. The van der Waals surface area contributed by atoms with Crippen molar-refractivity contribution < 1.29 is 4.39 Å². The summed E-state index contributed by atoms with van der Waals surface area (Å²) in [5, 5.41) is 20.9. The van der Waals surface area contributed by atoms with E-state index in [1.54, 1.807) is 18.3 Å². The van der Waals surface area contributed by atoms with Crippen LogP contribution in [0.5, 0.6) is 0 Å². The third kappa shape index (κ3) is 9.61. The summed E-state index contributed by atoms with van der Waals surface area (Å²) in [7, 11) is 3.75. The second-order valence-corrected chi connectivity index (χ2v) is 10.3. The lowest BCUT2D eigenvalue weighted by Gasteiger charge is -2.46. The van der Waals surface area contributed by atoms with E-state index in [9.17, 15) is 4.39 Å². The number of benzene rings is 1. The molecule has 1 saturated heterocycles. The van der Waals surface area contributed by atoms with Crippen LogP contribution < -0.4 is 16.4 Å². The molecule has 0 unspecified atom stereocenters. The smallest absolute Gasteiger partial charge is 0.133 e. The zero-order valence-corrected chi connectivity index (χ0v) is 20.8. The van der Waals surface area contributed by atoms with Crippen molar-refractivity contribution in [3.8, 4) is 11.1 Å². The summed E-state index contributed by atoms with van der Waals surface area (Å²) in [6, 6.07) is 8.49. The fourth-order valence-electron chi connectivity index (χ4n) is 4.00. The Hall–Kier alpha value is -2.29. The summed E-state index contributed by atoms with van der Waals surface area (Å²) >= 11 is 1.47. The van der Waals surface area contributed by atoms with Crippen molar-refractivity contribution in [1.82, 2.24) is 15.6 Å². The predicted molar refractivity (Wildman–Crippen MR) is 144 cm³/mol. The number of pyridine rings is 1. The van der Waals surface area contributed by atoms with Gasteiger partial charge in [-0.05, 0) is 91.2 Å². The molecule has 0 atom stereocenters. The van der Waals surface area contributed by atoms with Gasteiger partial charge < -0.3 is 21.8 Å². The molecule has 8 heteroatoms. The number of rotatable bonds is 3. The topological polar surface area (TPSA) is 111 Å². The van der Waals surface area contributed by atoms with E-state index >= 15 is 0 Å². The number of thioether (sulfide) groups is 1. The minimum atomic E-state index is -0.380. The molecule has 0 bridgehead atoms. The van der Waals surface area contributed by atoms with E-state index in [1.807, 2.05) is 26.2 Å². The van der Waals surface area contributed by atoms with Crippen molar-refractivity contribution in [1.29, 1.82) is 10.8 Å². The van der Waals surface area contributed by atoms with Crippen molar-refractivity contribution in [2.24, 2.45) is 0 Å². The second kappa shape index (κ2) is 13.4. The average molecular weight is 477 g/mol. The van der Waals surface area contributed by atoms with Gasteiger partial charge in [0.25, 0.3) is 0 Å². The first-order valence-electron chi connectivity index (χ1n) is 10.5. The van der Waals surface area contributed by atoms with E-state index in [2.05, 4.69) is 50.0 Å². The van der Waals surface area contributed by atoms with Crippen LogP contribution in [0.4, 0.5) is 10.2 Å². The van der Waals surface area contributed by atoms with Gasteiger partial charge in [0.1, 0.15) is 11.6 Å². The summed E-state index contributed by atoms with van der Waals surface area (Å²) in [6.45, 7) is 11.2. The maximum atomic E-state index is 14.7. The number of nitrogens with one attached hydrogen (secondary N) is 4. The summed E-state index contributed by atoms with van der Waals surface area (Å²) in [5.41, 5.74) is 7.49. The van der Waals surface area contributed by atoms with Crippen LogP contribution in [-0.2, 0) is 0 Å². The van der Waals surface area contributed by atoms with Gasteiger partial charge in [0.05, 0.1) is 5.04 Å². The first kappa shape index (κ1) is 30.7. The molecular formula is C25H41FN6S. The highest BCUT2D eigenvalue weighted by Gasteiger charge is 2.38. The van der Waals surface area contributed by atoms with Gasteiger partial charge in [-0.2, -0.15) is 0 Å². The van der Waals surface area contributed by atoms with Crippen LogP contribution in [0, 0.1) is 16.6 Å². The molecule has 0 saturated carbocycles. The van der Waals surface area contributed by atoms with Gasteiger partial charge in [-0.25, -0.2) is 9.37 Å². The largest absolute Gasteiger partial charge is 0.384 e. The quantitative estimate of drug-likeness (QED) is 0.294. The molecule has 1 fully saturated rings. The van der Waals surface area contributed by atoms with Gasteiger partial charge in [-0.1, -0.05) is 13.5 Å². The van der Waals surface area contributed by atoms with Crippen molar-refractivity contribution in [2.75, 3.05) is 19.8 Å². The second-order valence-electron chi connectivity index (χ2n) is 9.04. The molecule has 0 amide bonds. The van der Waals surface area contributed by atoms with Gasteiger partial charge in [-0.3, -0.25) is 5.41 Å². The summed E-state index contributed by atoms with van der Waals surface area (Å²) in [5.74, 6) is 0.0520. The fourth-order valence-corrected chi connectivity index (χ4v) is 5.62. The third-order valence-corrected chi connectivity index (χ3v) is 5.89. The Morgan fingerprint density at radius 1 is 1.12 bits per heavy atom. The molecule has 2 aromatic rings. The lowest BCUT2D eigenvalue weighted by Crippen LogP contribution is -2.58. The molecule has 1 aromatic carbocycles. The molecule has 1 aliphatic heterocycles. The van der Waals surface area contributed by atoms with Gasteiger partial charge >= 0.3 is 0 Å². The highest BCUT2D eigenvalue weighted by Crippen LogP contribution is 2.37. The molecule has 33 heavy (non-hydrogen) atoms. The Morgan fingerprint density at radius 3 is 2.09 bits per heavy atom. The van der Waals surface area contributed by atoms with E-state index < -0.39 is 0 Å². The van der Waals surface area contributed by atoms with Crippen LogP contribution >= 0.6 is 11.8 Å². The predicted octanol–water partition coefficient (Wildman–Crippen LogP) is 5.58. The van der Waals surface area contributed by atoms with E-state index in [0.29, 0.717) is 11.4 Å². The Balaban J connectivity index is 0.00000158. The zero-order chi connectivity index (χ0) is 24.5. The first-order valence-corrected chi connectivity index (χ1v) is 11.3. The van der Waals surface area contributed by atoms with Gasteiger partial charge in [0, 0.05) is 33.7 Å². The number of piperidine rings is 1. The maximum absolute atomic E-state index is 14.7. The summed E-state index contributed by atoms with van der Waals surface area (Å²) in [6.07, 6.45) is 3.52. The number of halogens is 1. The van der Waals surface area contributed by atoms with E-state index in [1.165, 1.54) is 17.8 Å². The van der Waals surface area contributed by atoms with Crippen molar-refractivity contribution in [2.45, 2.75) is 64.3 Å². The molecule has 1 aromatic heterocycles. The lowest BCUT2D eigenvalue weighted by atomic mass is 9.82. The number of nitrogens with zero attached hydrogens (tertiary/aromatic N) is 1. The molecule has 0 spiro atoms. The molecule has 6 N–H and O–H groups in total. The minimum absolute atomic E-state index is 0. The molecule has 184 valence electrons. The number of hydrogen-bond donors (Lipinski definition) is 5. The number of nitrogens with two attached hydrogens (primary N) is 1. The third-order valence-electron chi connectivity index (χ3n) is 4.77. The van der Waals surface area contributed by atoms with Crippen molar-refractivity contribution >= 4 is 29.3 Å². The Morgan fingerprint density at radius 2 is 1.64 bits per heavy atom. The van der Waals surface area contributed by atoms with Crippen LogP contribution in [0.3, 0.4) is 0 Å². The standard InChI is InChI=1S/C21H27FN4S.C2H7N.CH3N.CH4/c1-20(2)10-15(11-21(3,4)26-20)27-19(24)16-7-5-13(9-17(16)22)14-6-8-18(23)25-12-14;1-3-2;1-2;/h5-9,12,15,24,26H,10-11H2,1-4H3,(H2,23,25);3H,1-2H3;2H,1H2;1H4. The van der Waals surface area contributed by atoms with Crippen LogP contribution in [0.1, 0.15) is 53.5 Å². The highest BCUT2D eigenvalue weighted by molar-refractivity contribution is 8.14. The molecule has 1 aliphatic rings. The molecule has 0 radical (unpaired) electrons. The van der Waals surface area contributed by atoms with Gasteiger partial charge in [0.2, 0.25) is 0 Å². The number of hydrogen-bond acceptors (Lipinski definition) is 7. The zero-order valence-electron chi connectivity index (χ0n) is 20.0. The molecule has 0 aliphatic carbocycles. The lowest BCUT2D eigenvalue weighted by molar-refractivity contribution is 0.189. The summed E-state index contributed by atoms with van der Waals surface area (Å²) in [4.78, 5) is 4.05. The van der Waals surface area contributed by atoms with E-state index in [4.69, 9.17) is 16.6 Å². The summed E-state index contributed by atoms with van der Waals surface area (Å²) < 4.78 is 14.7. The monoisotopic (exact) mass is 476 g/mol. The minimum Gasteiger partial charge on any atom is -0.384 e. The molecule has 6 nitrogen and oxygen atoms in total. The Bertz CT molecular complexity index is 867. The van der Waals surface area contributed by atoms with Crippen molar-refractivity contribution in [3.05, 3.63) is 47.9 Å². The number of aromatic nitrogens is 1. The highest BCUT2D eigenvalue weighted by atomic mass is 32.2. The van der Waals surface area contributed by atoms with E-state index in [0.717, 1.165) is 24.0 Å². The number of nitrogen functional groups attached to an aromatic ring is 1. The molecule has 3 rings (SSSR count). The number of anilines is 1. The Kier molecular flexibility index (Phi) is 12.5. The normalized spacial score (nSPS) is 16.2. The SMILES string of the molecule is C.C=N.CC1(C)CC(SC(=N)c2ccc(-c3ccc(N)nc3)cc2F)CC(C)(C)N1.CNC. The fraction of sp³-hybridized carbons (Fsp3) is 0.480. The van der Waals surface area contributed by atoms with Crippen LogP contribution in [0.25, 0.3) is 11.1 Å². The van der Waals surface area contributed by atoms with Gasteiger partial charge in [-0.15, -0.1) is 11.8 Å². The Labute approximate surface area is 203 Å². The van der Waals surface area contributed by atoms with Crippen LogP contribution in [-0.4, -0.2) is 47.2 Å². The molecule has 2 heterocycles. The van der Waals surface area contributed by atoms with Crippen LogP contribution in [0.15, 0.2) is 36.5 Å². The maximum Gasteiger partial charge on any atom is 0.133 e. The van der Waals surface area contributed by atoms with Crippen molar-refractivity contribution in [3.63, 3.8) is 0 Å². The average Bonchev–Trinajstić information content (AvgIpc) is 2.68. The first-order chi connectivity index (χ1) is 15.0. The van der Waals surface area contributed by atoms with Crippen LogP contribution in [0.2, 0.25) is 0 Å². The van der Waals surface area contributed by atoms with E-state index in [-0.39, 0.29) is 34.6 Å². The van der Waals surface area contributed by atoms with Gasteiger partial charge in [0.15, 0.2) is 0 Å².